The second-order valence-electron chi connectivity index (χ2n) is 3.60. The monoisotopic (exact) mass is 240 g/mol. The summed E-state index contributed by atoms with van der Waals surface area (Å²) in [6.45, 7) is 9.20. The molecule has 0 unspecified atom stereocenters. The Morgan fingerprint density at radius 2 is 1.33 bits per heavy atom. The molecule has 0 spiro atoms. The van der Waals surface area contributed by atoms with Crippen LogP contribution in [0.15, 0.2) is 0 Å². The van der Waals surface area contributed by atoms with E-state index in [0.29, 0.717) is 18.6 Å². The third-order valence-corrected chi connectivity index (χ3v) is 1.77. The molecule has 0 aromatic heterocycles. The number of nitrogens with one attached hydrogen (secondary N) is 1. The molecule has 0 saturated carbocycles. The molecule has 0 rings (SSSR count). The van der Waals surface area contributed by atoms with Gasteiger partial charge >= 0.3 is 0 Å². The Bertz CT molecular complexity index is 184. The van der Waals surface area contributed by atoms with Crippen molar-refractivity contribution < 1.29 is 33.8 Å². The Morgan fingerprint density at radius 3 is 1.40 bits per heavy atom. The van der Waals surface area contributed by atoms with Crippen molar-refractivity contribution in [2.45, 2.75) is 39.8 Å². The summed E-state index contributed by atoms with van der Waals surface area (Å²) >= 11 is 0. The summed E-state index contributed by atoms with van der Waals surface area (Å²) in [6, 6.07) is 3.30. The lowest BCUT2D eigenvalue weighted by molar-refractivity contribution is -2.00. The summed E-state index contributed by atoms with van der Waals surface area (Å²) < 4.78 is 34.0. The maximum absolute atomic E-state index is 8.49. The van der Waals surface area contributed by atoms with E-state index in [-0.39, 0.29) is 0 Å². The first kappa shape index (κ1) is 17.0. The minimum Gasteiger partial charge on any atom is -0.319 e. The fraction of sp³-hybridized carbons (Fsp3) is 0.875. The summed E-state index contributed by atoms with van der Waals surface area (Å²) in [5, 5.41) is 8.46. The van der Waals surface area contributed by atoms with Gasteiger partial charge in [-0.2, -0.15) is 5.26 Å². The largest absolute Gasteiger partial charge is 0.319 e. The van der Waals surface area contributed by atoms with Gasteiger partial charge < -0.3 is 4.90 Å². The predicted molar refractivity (Wildman–Crippen MR) is 41.7 cm³/mol. The van der Waals surface area contributed by atoms with E-state index >= 15 is 0 Å². The fourth-order valence-electron chi connectivity index (χ4n) is 1.17. The quantitative estimate of drug-likeness (QED) is 0.498. The van der Waals surface area contributed by atoms with Crippen molar-refractivity contribution in [2.24, 2.45) is 0 Å². The van der Waals surface area contributed by atoms with E-state index in [2.05, 4.69) is 33.8 Å². The smallest absolute Gasteiger partial charge is 0.165 e. The molecular formula is C8H17ClN2O4. The zero-order valence-corrected chi connectivity index (χ0v) is 10.1. The normalized spacial score (nSPS) is 11.3. The second-order valence-corrected chi connectivity index (χ2v) is 4.35. The van der Waals surface area contributed by atoms with Crippen molar-refractivity contribution >= 4 is 0 Å². The van der Waals surface area contributed by atoms with Gasteiger partial charge in [0.1, 0.15) is 6.07 Å². The van der Waals surface area contributed by atoms with E-state index in [4.69, 9.17) is 23.9 Å². The molecule has 0 bridgehead atoms. The van der Waals surface area contributed by atoms with Gasteiger partial charge in [0.2, 0.25) is 0 Å². The average Bonchev–Trinajstić information content (AvgIpc) is 1.95. The van der Waals surface area contributed by atoms with E-state index in [9.17, 15) is 0 Å². The highest BCUT2D eigenvalue weighted by atomic mass is 35.7. The first-order valence-electron chi connectivity index (χ1n) is 4.43. The molecule has 0 aliphatic carbocycles. The summed E-state index contributed by atoms with van der Waals surface area (Å²) in [7, 11) is -4.94. The number of rotatable bonds is 3. The van der Waals surface area contributed by atoms with Crippen LogP contribution in [0.3, 0.4) is 0 Å². The minimum atomic E-state index is -4.94. The van der Waals surface area contributed by atoms with Crippen molar-refractivity contribution in [3.05, 3.63) is 0 Å². The second kappa shape index (κ2) is 7.82. The van der Waals surface area contributed by atoms with Crippen molar-refractivity contribution in [2.75, 3.05) is 6.54 Å². The summed E-state index contributed by atoms with van der Waals surface area (Å²) in [4.78, 5) is 1.36. The number of halogens is 1. The number of quaternary nitrogens is 1. The van der Waals surface area contributed by atoms with Crippen molar-refractivity contribution in [1.29, 1.82) is 5.26 Å². The molecule has 0 aromatic carbocycles. The zero-order chi connectivity index (χ0) is 12.6. The molecule has 0 fully saturated rings. The lowest BCUT2D eigenvalue weighted by atomic mass is 10.2. The standard InChI is InChI=1S/C8H16N2.ClHO4/c1-7(2)10(6-5-9)8(3)4;2-1(3,4)5/h7-8H,6H2,1-4H3;(H,2,3,4,5). The van der Waals surface area contributed by atoms with Crippen molar-refractivity contribution in [3.63, 3.8) is 0 Å². The average molecular weight is 241 g/mol. The van der Waals surface area contributed by atoms with Gasteiger partial charge in [-0.15, -0.1) is 10.2 Å². The van der Waals surface area contributed by atoms with Gasteiger partial charge in [0.15, 0.2) is 6.54 Å². The summed E-state index contributed by atoms with van der Waals surface area (Å²) in [5.41, 5.74) is 0. The van der Waals surface area contributed by atoms with Crippen molar-refractivity contribution in [1.82, 2.24) is 0 Å². The zero-order valence-electron chi connectivity index (χ0n) is 9.32. The Balaban J connectivity index is 0. The molecule has 0 amide bonds. The number of nitrogens with zero attached hydrogens (tertiary/aromatic N) is 1. The maximum atomic E-state index is 8.49. The molecule has 1 N–H and O–H groups in total. The highest BCUT2D eigenvalue weighted by molar-refractivity contribution is 4.66. The van der Waals surface area contributed by atoms with E-state index in [1.807, 2.05) is 0 Å². The molecule has 0 aromatic rings. The Labute approximate surface area is 92.1 Å². The van der Waals surface area contributed by atoms with Gasteiger partial charge in [0, 0.05) is 0 Å². The van der Waals surface area contributed by atoms with Crippen LogP contribution in [-0.4, -0.2) is 18.6 Å². The SMILES string of the molecule is CC(C)[NH+](CC#N)C(C)C.[O-][Cl+3]([O-])([O-])[O-]. The van der Waals surface area contributed by atoms with E-state index < -0.39 is 10.2 Å². The summed E-state index contributed by atoms with van der Waals surface area (Å²) in [5.74, 6) is 0. The van der Waals surface area contributed by atoms with E-state index in [0.717, 1.165) is 0 Å². The van der Waals surface area contributed by atoms with Gasteiger partial charge in [0.05, 0.1) is 12.1 Å². The highest BCUT2D eigenvalue weighted by Gasteiger charge is 2.15. The van der Waals surface area contributed by atoms with E-state index in [1.54, 1.807) is 0 Å². The molecule has 6 nitrogen and oxygen atoms in total. The summed E-state index contributed by atoms with van der Waals surface area (Å²) in [6.07, 6.45) is 0. The third-order valence-electron chi connectivity index (χ3n) is 1.77. The van der Waals surface area contributed by atoms with Gasteiger partial charge in [-0.05, 0) is 27.7 Å². The van der Waals surface area contributed by atoms with E-state index in [1.165, 1.54) is 4.90 Å². The van der Waals surface area contributed by atoms with Gasteiger partial charge in [-0.25, -0.2) is 18.6 Å². The molecular weight excluding hydrogens is 224 g/mol. The van der Waals surface area contributed by atoms with Gasteiger partial charge in [0.25, 0.3) is 0 Å². The molecule has 0 radical (unpaired) electrons. The van der Waals surface area contributed by atoms with Gasteiger partial charge in [-0.3, -0.25) is 0 Å². The molecule has 0 aliphatic rings. The molecule has 0 atom stereocenters. The lowest BCUT2D eigenvalue weighted by Crippen LogP contribution is -3.17. The molecule has 90 valence electrons. The first-order chi connectivity index (χ1) is 6.59. The van der Waals surface area contributed by atoms with Crippen molar-refractivity contribution in [3.8, 4) is 6.07 Å². The maximum Gasteiger partial charge on any atom is 0.165 e. The number of hydrogen-bond donors (Lipinski definition) is 1. The van der Waals surface area contributed by atoms with Crippen LogP contribution in [0, 0.1) is 21.6 Å². The van der Waals surface area contributed by atoms with Crippen LogP contribution in [0.2, 0.25) is 0 Å². The first-order valence-corrected chi connectivity index (χ1v) is 5.67. The van der Waals surface area contributed by atoms with Crippen LogP contribution in [0.5, 0.6) is 0 Å². The molecule has 15 heavy (non-hydrogen) atoms. The third kappa shape index (κ3) is 16.3. The number of nitriles is 1. The minimum absolute atomic E-state index is 0.555. The Morgan fingerprint density at radius 1 is 1.07 bits per heavy atom. The lowest BCUT2D eigenvalue weighted by Gasteiger charge is -2.24. The van der Waals surface area contributed by atoms with Crippen LogP contribution in [0.25, 0.3) is 0 Å². The fourth-order valence-corrected chi connectivity index (χ4v) is 1.17. The van der Waals surface area contributed by atoms with Crippen LogP contribution >= 0.6 is 0 Å². The predicted octanol–water partition coefficient (Wildman–Crippen LogP) is -4.54. The van der Waals surface area contributed by atoms with Crippen LogP contribution in [0.4, 0.5) is 0 Å². The number of hydrogen-bond acceptors (Lipinski definition) is 5. The highest BCUT2D eigenvalue weighted by Crippen LogP contribution is 1.74. The topological polar surface area (TPSA) is 120 Å². The Hall–Kier alpha value is -0.420. The van der Waals surface area contributed by atoms with Crippen LogP contribution in [0.1, 0.15) is 27.7 Å². The molecule has 0 heterocycles. The molecule has 0 aliphatic heterocycles. The van der Waals surface area contributed by atoms with Crippen LogP contribution in [-0.2, 0) is 0 Å². The van der Waals surface area contributed by atoms with Gasteiger partial charge in [-0.1, -0.05) is 0 Å². The molecule has 7 heteroatoms. The van der Waals surface area contributed by atoms with Crippen LogP contribution < -0.4 is 23.5 Å². The Kier molecular flexibility index (Phi) is 8.86. The molecule has 0 saturated heterocycles.